The molecule has 132 valence electrons. The third-order valence-electron chi connectivity index (χ3n) is 3.91. The number of rotatable bonds is 4. The van der Waals surface area contributed by atoms with Gasteiger partial charge in [0.15, 0.2) is 18.2 Å². The number of ether oxygens (including phenoxy) is 1. The van der Waals surface area contributed by atoms with Gasteiger partial charge in [0.25, 0.3) is 5.91 Å². The number of carbonyl (C=O) groups is 1. The van der Waals surface area contributed by atoms with Gasteiger partial charge in [-0.2, -0.15) is 0 Å². The Balaban J connectivity index is 1.50. The van der Waals surface area contributed by atoms with E-state index in [1.54, 1.807) is 11.1 Å². The van der Waals surface area contributed by atoms with Crippen molar-refractivity contribution in [2.45, 2.75) is 0 Å². The normalized spacial score (nSPS) is 14.5. The highest BCUT2D eigenvalue weighted by Crippen LogP contribution is 2.19. The van der Waals surface area contributed by atoms with Gasteiger partial charge in [-0.1, -0.05) is 0 Å². The van der Waals surface area contributed by atoms with Gasteiger partial charge in [-0.05, 0) is 40.2 Å². The molecule has 0 unspecified atom stereocenters. The van der Waals surface area contributed by atoms with Crippen molar-refractivity contribution in [2.24, 2.45) is 0 Å². The van der Waals surface area contributed by atoms with E-state index in [9.17, 15) is 13.6 Å². The minimum absolute atomic E-state index is 0.132. The summed E-state index contributed by atoms with van der Waals surface area (Å²) in [6.45, 7) is 2.10. The molecule has 0 bridgehead atoms. The average molecular weight is 412 g/mol. The van der Waals surface area contributed by atoms with Crippen molar-refractivity contribution in [3.8, 4) is 5.75 Å². The Bertz CT molecular complexity index is 750. The van der Waals surface area contributed by atoms with E-state index in [2.05, 4.69) is 25.8 Å². The van der Waals surface area contributed by atoms with Gasteiger partial charge in [0.2, 0.25) is 0 Å². The van der Waals surface area contributed by atoms with Crippen LogP contribution in [-0.2, 0) is 4.79 Å². The van der Waals surface area contributed by atoms with Crippen molar-refractivity contribution in [2.75, 3.05) is 37.7 Å². The van der Waals surface area contributed by atoms with Crippen molar-refractivity contribution in [3.05, 3.63) is 52.6 Å². The van der Waals surface area contributed by atoms with Crippen molar-refractivity contribution in [3.63, 3.8) is 0 Å². The number of halogens is 3. The SMILES string of the molecule is O=C(COc1ccc(F)cc1F)N1CCN(c2ccc(Br)cn2)CC1. The highest BCUT2D eigenvalue weighted by molar-refractivity contribution is 9.10. The Hall–Kier alpha value is -2.22. The predicted molar refractivity (Wildman–Crippen MR) is 92.6 cm³/mol. The van der Waals surface area contributed by atoms with E-state index in [4.69, 9.17) is 4.74 Å². The van der Waals surface area contributed by atoms with E-state index in [1.807, 2.05) is 12.1 Å². The minimum atomic E-state index is -0.820. The summed E-state index contributed by atoms with van der Waals surface area (Å²) in [4.78, 5) is 20.3. The zero-order chi connectivity index (χ0) is 17.8. The fourth-order valence-corrected chi connectivity index (χ4v) is 2.80. The summed E-state index contributed by atoms with van der Waals surface area (Å²) < 4.78 is 32.4. The van der Waals surface area contributed by atoms with E-state index >= 15 is 0 Å². The van der Waals surface area contributed by atoms with Crippen LogP contribution in [0, 0.1) is 11.6 Å². The maximum absolute atomic E-state index is 13.5. The van der Waals surface area contributed by atoms with Gasteiger partial charge in [0, 0.05) is 42.9 Å². The topological polar surface area (TPSA) is 45.7 Å². The Morgan fingerprint density at radius 3 is 2.56 bits per heavy atom. The van der Waals surface area contributed by atoms with E-state index < -0.39 is 11.6 Å². The van der Waals surface area contributed by atoms with Crippen LogP contribution in [0.3, 0.4) is 0 Å². The quantitative estimate of drug-likeness (QED) is 0.775. The van der Waals surface area contributed by atoms with E-state index in [0.717, 1.165) is 22.4 Å². The number of anilines is 1. The number of hydrogen-bond donors (Lipinski definition) is 0. The molecule has 0 radical (unpaired) electrons. The molecule has 8 heteroatoms. The molecule has 0 N–H and O–H groups in total. The second-order valence-electron chi connectivity index (χ2n) is 5.57. The highest BCUT2D eigenvalue weighted by Gasteiger charge is 2.22. The first kappa shape index (κ1) is 17.6. The maximum atomic E-state index is 13.5. The first-order valence-corrected chi connectivity index (χ1v) is 8.54. The number of hydrogen-bond acceptors (Lipinski definition) is 4. The molecule has 1 aliphatic rings. The molecule has 0 aliphatic carbocycles. The number of nitrogens with zero attached hydrogens (tertiary/aromatic N) is 3. The molecule has 3 rings (SSSR count). The lowest BCUT2D eigenvalue weighted by Gasteiger charge is -2.35. The molecule has 2 heterocycles. The molecule has 1 saturated heterocycles. The minimum Gasteiger partial charge on any atom is -0.481 e. The Kier molecular flexibility index (Phi) is 5.47. The molecule has 0 spiro atoms. The highest BCUT2D eigenvalue weighted by atomic mass is 79.9. The lowest BCUT2D eigenvalue weighted by Crippen LogP contribution is -2.50. The molecule has 1 aromatic carbocycles. The lowest BCUT2D eigenvalue weighted by molar-refractivity contribution is -0.133. The standard InChI is InChI=1S/C17H16BrF2N3O2/c18-12-1-4-16(21-10-12)22-5-7-23(8-6-22)17(24)11-25-15-3-2-13(19)9-14(15)20/h1-4,9-10H,5-8,11H2. The van der Waals surface area contributed by atoms with Crippen LogP contribution in [0.2, 0.25) is 0 Å². The van der Waals surface area contributed by atoms with Gasteiger partial charge in [0.1, 0.15) is 11.6 Å². The zero-order valence-corrected chi connectivity index (χ0v) is 14.9. The molecule has 2 aromatic rings. The van der Waals surface area contributed by atoms with Crippen LogP contribution in [0.5, 0.6) is 5.75 Å². The van der Waals surface area contributed by atoms with Crippen molar-refractivity contribution < 1.29 is 18.3 Å². The molecular weight excluding hydrogens is 396 g/mol. The van der Waals surface area contributed by atoms with Crippen LogP contribution in [0.15, 0.2) is 41.0 Å². The number of pyridine rings is 1. The van der Waals surface area contributed by atoms with Crippen molar-refractivity contribution in [1.29, 1.82) is 0 Å². The van der Waals surface area contributed by atoms with Gasteiger partial charge in [-0.25, -0.2) is 13.8 Å². The summed E-state index contributed by atoms with van der Waals surface area (Å²) in [5.74, 6) is -1.01. The van der Waals surface area contributed by atoms with Gasteiger partial charge in [0.05, 0.1) is 0 Å². The van der Waals surface area contributed by atoms with Gasteiger partial charge >= 0.3 is 0 Å². The predicted octanol–water partition coefficient (Wildman–Crippen LogP) is 2.85. The number of amides is 1. The summed E-state index contributed by atoms with van der Waals surface area (Å²) in [6, 6.07) is 6.83. The Morgan fingerprint density at radius 1 is 1.16 bits per heavy atom. The van der Waals surface area contributed by atoms with Crippen LogP contribution < -0.4 is 9.64 Å². The molecule has 1 aliphatic heterocycles. The third-order valence-corrected chi connectivity index (χ3v) is 4.38. The number of benzene rings is 1. The molecular formula is C17H16BrF2N3O2. The number of aromatic nitrogens is 1. The molecule has 1 aromatic heterocycles. The summed E-state index contributed by atoms with van der Waals surface area (Å²) in [5.41, 5.74) is 0. The summed E-state index contributed by atoms with van der Waals surface area (Å²) >= 11 is 3.35. The van der Waals surface area contributed by atoms with E-state index in [-0.39, 0.29) is 18.3 Å². The van der Waals surface area contributed by atoms with Crippen LogP contribution in [0.4, 0.5) is 14.6 Å². The zero-order valence-electron chi connectivity index (χ0n) is 13.3. The van der Waals surface area contributed by atoms with Crippen LogP contribution in [-0.4, -0.2) is 48.6 Å². The number of piperazine rings is 1. The third kappa shape index (κ3) is 4.45. The average Bonchev–Trinajstić information content (AvgIpc) is 2.61. The summed E-state index contributed by atoms with van der Waals surface area (Å²) in [5, 5.41) is 0. The monoisotopic (exact) mass is 411 g/mol. The fraction of sp³-hybridized carbons (Fsp3) is 0.294. The van der Waals surface area contributed by atoms with Gasteiger partial charge in [-0.15, -0.1) is 0 Å². The van der Waals surface area contributed by atoms with Crippen LogP contribution in [0.1, 0.15) is 0 Å². The fourth-order valence-electron chi connectivity index (χ4n) is 2.56. The maximum Gasteiger partial charge on any atom is 0.260 e. The summed E-state index contributed by atoms with van der Waals surface area (Å²) in [7, 11) is 0. The first-order valence-electron chi connectivity index (χ1n) is 7.75. The first-order chi connectivity index (χ1) is 12.0. The van der Waals surface area contributed by atoms with E-state index in [0.29, 0.717) is 26.2 Å². The molecule has 1 amide bonds. The molecule has 25 heavy (non-hydrogen) atoms. The molecule has 0 atom stereocenters. The second kappa shape index (κ2) is 7.77. The largest absolute Gasteiger partial charge is 0.481 e. The summed E-state index contributed by atoms with van der Waals surface area (Å²) in [6.07, 6.45) is 1.73. The Morgan fingerprint density at radius 2 is 1.92 bits per heavy atom. The van der Waals surface area contributed by atoms with Crippen molar-refractivity contribution >= 4 is 27.7 Å². The van der Waals surface area contributed by atoms with E-state index in [1.165, 1.54) is 6.07 Å². The number of carbonyl (C=O) groups excluding carboxylic acids is 1. The van der Waals surface area contributed by atoms with Gasteiger partial charge in [-0.3, -0.25) is 4.79 Å². The van der Waals surface area contributed by atoms with Crippen molar-refractivity contribution in [1.82, 2.24) is 9.88 Å². The van der Waals surface area contributed by atoms with Crippen LogP contribution in [0.25, 0.3) is 0 Å². The molecule has 1 fully saturated rings. The smallest absolute Gasteiger partial charge is 0.260 e. The second-order valence-corrected chi connectivity index (χ2v) is 6.48. The molecule has 0 saturated carbocycles. The Labute approximate surface area is 152 Å². The molecule has 5 nitrogen and oxygen atoms in total. The lowest BCUT2D eigenvalue weighted by atomic mass is 10.3. The van der Waals surface area contributed by atoms with Gasteiger partial charge < -0.3 is 14.5 Å². The van der Waals surface area contributed by atoms with Crippen LogP contribution >= 0.6 is 15.9 Å².